The van der Waals surface area contributed by atoms with Crippen LogP contribution in [0.4, 0.5) is 0 Å². The SMILES string of the molecule is CC(=NC(=O)Cc1ccccc1)N(C)C. The van der Waals surface area contributed by atoms with Gasteiger partial charge in [-0.2, -0.15) is 0 Å². The molecule has 0 bridgehead atoms. The normalized spacial score (nSPS) is 11.3. The Kier molecular flexibility index (Phi) is 4.03. The summed E-state index contributed by atoms with van der Waals surface area (Å²) in [5.41, 5.74) is 0.998. The first-order chi connectivity index (χ1) is 7.09. The van der Waals surface area contributed by atoms with E-state index in [2.05, 4.69) is 4.99 Å². The van der Waals surface area contributed by atoms with Gasteiger partial charge >= 0.3 is 0 Å². The second-order valence-corrected chi connectivity index (χ2v) is 3.61. The highest BCUT2D eigenvalue weighted by molar-refractivity contribution is 5.93. The summed E-state index contributed by atoms with van der Waals surface area (Å²) in [5, 5.41) is 0. The van der Waals surface area contributed by atoms with Gasteiger partial charge in [0.25, 0.3) is 5.91 Å². The Hall–Kier alpha value is -1.64. The Labute approximate surface area is 90.4 Å². The Morgan fingerprint density at radius 2 is 1.87 bits per heavy atom. The third-order valence-corrected chi connectivity index (χ3v) is 2.13. The van der Waals surface area contributed by atoms with Gasteiger partial charge in [-0.3, -0.25) is 4.79 Å². The van der Waals surface area contributed by atoms with Crippen LogP contribution in [0.25, 0.3) is 0 Å². The van der Waals surface area contributed by atoms with Crippen molar-refractivity contribution in [3.8, 4) is 0 Å². The largest absolute Gasteiger partial charge is 0.366 e. The number of hydrogen-bond donors (Lipinski definition) is 0. The maximum atomic E-state index is 11.5. The van der Waals surface area contributed by atoms with E-state index >= 15 is 0 Å². The van der Waals surface area contributed by atoms with E-state index in [0.29, 0.717) is 6.42 Å². The molecule has 0 heterocycles. The van der Waals surface area contributed by atoms with E-state index in [1.807, 2.05) is 56.3 Å². The van der Waals surface area contributed by atoms with Crippen molar-refractivity contribution in [1.82, 2.24) is 4.90 Å². The predicted molar refractivity (Wildman–Crippen MR) is 61.9 cm³/mol. The van der Waals surface area contributed by atoms with Gasteiger partial charge in [-0.15, -0.1) is 0 Å². The second kappa shape index (κ2) is 5.29. The average Bonchev–Trinajstić information content (AvgIpc) is 2.18. The highest BCUT2D eigenvalue weighted by Gasteiger charge is 2.02. The average molecular weight is 204 g/mol. The number of hydrogen-bond acceptors (Lipinski definition) is 1. The molecule has 0 atom stereocenters. The monoisotopic (exact) mass is 204 g/mol. The Morgan fingerprint density at radius 1 is 1.27 bits per heavy atom. The molecule has 1 aromatic carbocycles. The molecule has 0 saturated heterocycles. The van der Waals surface area contributed by atoms with Crippen molar-refractivity contribution in [3.05, 3.63) is 35.9 Å². The van der Waals surface area contributed by atoms with Gasteiger partial charge in [0, 0.05) is 14.1 Å². The van der Waals surface area contributed by atoms with Gasteiger partial charge in [0.2, 0.25) is 0 Å². The van der Waals surface area contributed by atoms with Crippen molar-refractivity contribution in [2.75, 3.05) is 14.1 Å². The van der Waals surface area contributed by atoms with Gasteiger partial charge in [0.15, 0.2) is 0 Å². The molecule has 0 spiro atoms. The molecule has 3 nitrogen and oxygen atoms in total. The van der Waals surface area contributed by atoms with Crippen LogP contribution in [-0.4, -0.2) is 30.7 Å². The molecule has 0 aliphatic heterocycles. The maximum Gasteiger partial charge on any atom is 0.251 e. The first-order valence-electron chi connectivity index (χ1n) is 4.89. The molecule has 0 unspecified atom stereocenters. The lowest BCUT2D eigenvalue weighted by Gasteiger charge is -2.10. The molecule has 0 N–H and O–H groups in total. The van der Waals surface area contributed by atoms with Crippen LogP contribution in [0.1, 0.15) is 12.5 Å². The first-order valence-corrected chi connectivity index (χ1v) is 4.89. The lowest BCUT2D eigenvalue weighted by Crippen LogP contribution is -2.20. The summed E-state index contributed by atoms with van der Waals surface area (Å²) in [7, 11) is 3.74. The van der Waals surface area contributed by atoms with Crippen molar-refractivity contribution in [2.24, 2.45) is 4.99 Å². The molecule has 0 aliphatic carbocycles. The van der Waals surface area contributed by atoms with Gasteiger partial charge in [-0.1, -0.05) is 30.3 Å². The topological polar surface area (TPSA) is 32.7 Å². The van der Waals surface area contributed by atoms with Crippen LogP contribution in [0.15, 0.2) is 35.3 Å². The summed E-state index contributed by atoms with van der Waals surface area (Å²) in [6, 6.07) is 9.63. The van der Waals surface area contributed by atoms with E-state index in [9.17, 15) is 4.79 Å². The van der Waals surface area contributed by atoms with Crippen LogP contribution in [0, 0.1) is 0 Å². The Morgan fingerprint density at radius 3 is 2.40 bits per heavy atom. The first kappa shape index (κ1) is 11.4. The number of amides is 1. The number of nitrogens with zero attached hydrogens (tertiary/aromatic N) is 2. The van der Waals surface area contributed by atoms with Gasteiger partial charge in [0.1, 0.15) is 5.84 Å². The summed E-state index contributed by atoms with van der Waals surface area (Å²) >= 11 is 0. The number of aliphatic imine (C=N–C) groups is 1. The quantitative estimate of drug-likeness (QED) is 0.543. The van der Waals surface area contributed by atoms with E-state index < -0.39 is 0 Å². The molecule has 0 fully saturated rings. The van der Waals surface area contributed by atoms with Gasteiger partial charge in [-0.05, 0) is 12.5 Å². The smallest absolute Gasteiger partial charge is 0.251 e. The van der Waals surface area contributed by atoms with Gasteiger partial charge in [-0.25, -0.2) is 4.99 Å². The summed E-state index contributed by atoms with van der Waals surface area (Å²) in [5.74, 6) is 0.628. The third-order valence-electron chi connectivity index (χ3n) is 2.13. The zero-order valence-electron chi connectivity index (χ0n) is 9.40. The second-order valence-electron chi connectivity index (χ2n) is 3.61. The van der Waals surface area contributed by atoms with Crippen LogP contribution in [0.5, 0.6) is 0 Å². The molecule has 80 valence electrons. The highest BCUT2D eigenvalue weighted by Crippen LogP contribution is 2.01. The number of amidine groups is 1. The van der Waals surface area contributed by atoms with Crippen molar-refractivity contribution < 1.29 is 4.79 Å². The molecule has 0 aromatic heterocycles. The van der Waals surface area contributed by atoms with Crippen molar-refractivity contribution >= 4 is 11.7 Å². The molecule has 15 heavy (non-hydrogen) atoms. The number of carbonyl (C=O) groups is 1. The van der Waals surface area contributed by atoms with E-state index in [4.69, 9.17) is 0 Å². The van der Waals surface area contributed by atoms with Crippen LogP contribution in [-0.2, 0) is 11.2 Å². The number of rotatable bonds is 2. The minimum Gasteiger partial charge on any atom is -0.366 e. The van der Waals surface area contributed by atoms with Crippen LogP contribution in [0.3, 0.4) is 0 Å². The van der Waals surface area contributed by atoms with E-state index in [0.717, 1.165) is 11.4 Å². The van der Waals surface area contributed by atoms with Gasteiger partial charge < -0.3 is 4.90 Å². The van der Waals surface area contributed by atoms with Crippen molar-refractivity contribution in [1.29, 1.82) is 0 Å². The minimum absolute atomic E-state index is 0.104. The Balaban J connectivity index is 2.61. The molecule has 1 amide bonds. The van der Waals surface area contributed by atoms with Crippen LogP contribution in [0.2, 0.25) is 0 Å². The Bertz CT molecular complexity index is 355. The zero-order chi connectivity index (χ0) is 11.3. The fourth-order valence-corrected chi connectivity index (χ4v) is 1.09. The maximum absolute atomic E-state index is 11.5. The number of benzene rings is 1. The predicted octanol–water partition coefficient (Wildman–Crippen LogP) is 1.74. The zero-order valence-corrected chi connectivity index (χ0v) is 9.40. The van der Waals surface area contributed by atoms with E-state index in [-0.39, 0.29) is 5.91 Å². The molecule has 0 radical (unpaired) electrons. The molecular formula is C12H16N2O. The molecule has 3 heteroatoms. The van der Waals surface area contributed by atoms with Crippen LogP contribution < -0.4 is 0 Å². The summed E-state index contributed by atoms with van der Waals surface area (Å²) in [4.78, 5) is 17.3. The molecular weight excluding hydrogens is 188 g/mol. The lowest BCUT2D eigenvalue weighted by atomic mass is 10.1. The minimum atomic E-state index is -0.104. The lowest BCUT2D eigenvalue weighted by molar-refractivity contribution is -0.117. The van der Waals surface area contributed by atoms with Crippen LogP contribution >= 0.6 is 0 Å². The van der Waals surface area contributed by atoms with Crippen molar-refractivity contribution in [2.45, 2.75) is 13.3 Å². The summed E-state index contributed by atoms with van der Waals surface area (Å²) in [6.45, 7) is 1.82. The summed E-state index contributed by atoms with van der Waals surface area (Å²) < 4.78 is 0. The van der Waals surface area contributed by atoms with Gasteiger partial charge in [0.05, 0.1) is 6.42 Å². The van der Waals surface area contributed by atoms with E-state index in [1.54, 1.807) is 0 Å². The third kappa shape index (κ3) is 3.94. The molecule has 1 aromatic rings. The highest BCUT2D eigenvalue weighted by atomic mass is 16.1. The fraction of sp³-hybridized carbons (Fsp3) is 0.333. The van der Waals surface area contributed by atoms with E-state index in [1.165, 1.54) is 0 Å². The van der Waals surface area contributed by atoms with Crippen molar-refractivity contribution in [3.63, 3.8) is 0 Å². The number of carbonyl (C=O) groups excluding carboxylic acids is 1. The summed E-state index contributed by atoms with van der Waals surface area (Å²) in [6.07, 6.45) is 0.367. The standard InChI is InChI=1S/C12H16N2O/c1-10(14(2)3)13-12(15)9-11-7-5-4-6-8-11/h4-8H,9H2,1-3H3. The fourth-order valence-electron chi connectivity index (χ4n) is 1.09. The molecule has 1 rings (SSSR count). The molecule has 0 saturated carbocycles. The molecule has 0 aliphatic rings.